The number of rotatable bonds is 5. The maximum Gasteiger partial charge on any atom is 0.329 e. The quantitative estimate of drug-likeness (QED) is 0.831. The number of piperidine rings is 1. The zero-order chi connectivity index (χ0) is 15.2. The van der Waals surface area contributed by atoms with Crippen molar-refractivity contribution in [3.05, 3.63) is 17.5 Å². The van der Waals surface area contributed by atoms with Crippen LogP contribution in [0.4, 0.5) is 4.79 Å². The molecule has 8 heteroatoms. The Morgan fingerprint density at radius 2 is 2.24 bits per heavy atom. The van der Waals surface area contributed by atoms with Crippen LogP contribution in [0.25, 0.3) is 0 Å². The standard InChI is InChI=1S/C13H19N3O5/c1-9-6-11(21-15-9)7-14-13(19)16-4-2-10(3-5-16)20-8-12(17)18/h6,10H,2-5,7-8H2,1H3,(H,14,19)(H,17,18). The molecule has 0 bridgehead atoms. The SMILES string of the molecule is Cc1cc(CNC(=O)N2CCC(OCC(=O)O)CC2)on1. The number of aryl methyl sites for hydroxylation is 1. The normalized spacial score (nSPS) is 16.0. The van der Waals surface area contributed by atoms with Gasteiger partial charge in [-0.2, -0.15) is 0 Å². The fourth-order valence-electron chi connectivity index (χ4n) is 2.19. The molecule has 0 atom stereocenters. The van der Waals surface area contributed by atoms with E-state index < -0.39 is 5.97 Å². The van der Waals surface area contributed by atoms with Crippen molar-refractivity contribution in [3.63, 3.8) is 0 Å². The number of nitrogens with one attached hydrogen (secondary N) is 1. The molecule has 0 unspecified atom stereocenters. The molecule has 1 saturated heterocycles. The summed E-state index contributed by atoms with van der Waals surface area (Å²) in [6.45, 7) is 2.92. The number of aliphatic carboxylic acids is 1. The lowest BCUT2D eigenvalue weighted by Gasteiger charge is -2.31. The third-order valence-electron chi connectivity index (χ3n) is 3.26. The van der Waals surface area contributed by atoms with Crippen molar-refractivity contribution in [1.82, 2.24) is 15.4 Å². The monoisotopic (exact) mass is 297 g/mol. The fraction of sp³-hybridized carbons (Fsp3) is 0.615. The maximum atomic E-state index is 12.0. The van der Waals surface area contributed by atoms with Crippen LogP contribution in [0.2, 0.25) is 0 Å². The van der Waals surface area contributed by atoms with Crippen molar-refractivity contribution in [1.29, 1.82) is 0 Å². The topological polar surface area (TPSA) is 105 Å². The molecule has 0 spiro atoms. The Kier molecular flexibility index (Phi) is 5.15. The molecule has 2 rings (SSSR count). The number of likely N-dealkylation sites (tertiary alicyclic amines) is 1. The van der Waals surface area contributed by atoms with Crippen molar-refractivity contribution in [3.8, 4) is 0 Å². The molecule has 0 aliphatic carbocycles. The van der Waals surface area contributed by atoms with E-state index >= 15 is 0 Å². The van der Waals surface area contributed by atoms with E-state index in [-0.39, 0.29) is 18.7 Å². The van der Waals surface area contributed by atoms with E-state index in [2.05, 4.69) is 10.5 Å². The van der Waals surface area contributed by atoms with Gasteiger partial charge in [-0.1, -0.05) is 5.16 Å². The van der Waals surface area contributed by atoms with Crippen LogP contribution >= 0.6 is 0 Å². The van der Waals surface area contributed by atoms with Crippen molar-refractivity contribution in [2.75, 3.05) is 19.7 Å². The van der Waals surface area contributed by atoms with Crippen LogP contribution in [-0.4, -0.2) is 53.0 Å². The number of carboxylic acids is 1. The van der Waals surface area contributed by atoms with Crippen LogP contribution in [0.5, 0.6) is 0 Å². The predicted octanol–water partition coefficient (Wildman–Crippen LogP) is 0.758. The smallest absolute Gasteiger partial charge is 0.329 e. The van der Waals surface area contributed by atoms with Crippen LogP contribution in [0.15, 0.2) is 10.6 Å². The summed E-state index contributed by atoms with van der Waals surface area (Å²) >= 11 is 0. The van der Waals surface area contributed by atoms with Crippen molar-refractivity contribution >= 4 is 12.0 Å². The average Bonchev–Trinajstić information content (AvgIpc) is 2.89. The lowest BCUT2D eigenvalue weighted by Crippen LogP contribution is -2.45. The molecule has 2 heterocycles. The summed E-state index contributed by atoms with van der Waals surface area (Å²) in [5.41, 5.74) is 0.774. The first-order chi connectivity index (χ1) is 10.0. The van der Waals surface area contributed by atoms with E-state index in [1.54, 1.807) is 11.0 Å². The van der Waals surface area contributed by atoms with E-state index in [1.807, 2.05) is 6.92 Å². The number of carbonyl (C=O) groups is 2. The molecule has 1 aromatic heterocycles. The van der Waals surface area contributed by atoms with Crippen LogP contribution < -0.4 is 5.32 Å². The zero-order valence-electron chi connectivity index (χ0n) is 11.9. The first-order valence-electron chi connectivity index (χ1n) is 6.83. The minimum Gasteiger partial charge on any atom is -0.480 e. The summed E-state index contributed by atoms with van der Waals surface area (Å²) in [7, 11) is 0. The molecule has 0 saturated carbocycles. The Hall–Kier alpha value is -2.09. The third kappa shape index (κ3) is 4.75. The van der Waals surface area contributed by atoms with Crippen molar-refractivity contribution in [2.45, 2.75) is 32.4 Å². The van der Waals surface area contributed by atoms with Gasteiger partial charge < -0.3 is 24.6 Å². The molecule has 0 aromatic carbocycles. The van der Waals surface area contributed by atoms with Gasteiger partial charge in [-0.05, 0) is 19.8 Å². The molecule has 0 radical (unpaired) electrons. The molecule has 116 valence electrons. The van der Waals surface area contributed by atoms with Gasteiger partial charge in [0.05, 0.1) is 18.3 Å². The van der Waals surface area contributed by atoms with Gasteiger partial charge in [0.25, 0.3) is 0 Å². The Labute approximate surface area is 122 Å². The van der Waals surface area contributed by atoms with Gasteiger partial charge in [0.1, 0.15) is 6.61 Å². The van der Waals surface area contributed by atoms with Gasteiger partial charge >= 0.3 is 12.0 Å². The number of aromatic nitrogens is 1. The number of hydrogen-bond acceptors (Lipinski definition) is 5. The molecule has 1 aromatic rings. The molecular formula is C13H19N3O5. The summed E-state index contributed by atoms with van der Waals surface area (Å²) in [5.74, 6) is -0.363. The van der Waals surface area contributed by atoms with E-state index in [4.69, 9.17) is 14.4 Å². The molecule has 8 nitrogen and oxygen atoms in total. The first-order valence-corrected chi connectivity index (χ1v) is 6.83. The number of hydrogen-bond donors (Lipinski definition) is 2. The second-order valence-electron chi connectivity index (χ2n) is 4.98. The predicted molar refractivity (Wildman–Crippen MR) is 71.7 cm³/mol. The Morgan fingerprint density at radius 3 is 2.81 bits per heavy atom. The first kappa shape index (κ1) is 15.3. The number of carboxylic acid groups (broad SMARTS) is 1. The van der Waals surface area contributed by atoms with Crippen LogP contribution in [0.3, 0.4) is 0 Å². The summed E-state index contributed by atoms with van der Waals surface area (Å²) in [6, 6.07) is 1.60. The summed E-state index contributed by atoms with van der Waals surface area (Å²) in [6.07, 6.45) is 1.19. The van der Waals surface area contributed by atoms with E-state index in [1.165, 1.54) is 0 Å². The highest BCUT2D eigenvalue weighted by atomic mass is 16.5. The summed E-state index contributed by atoms with van der Waals surface area (Å²) in [4.78, 5) is 24.1. The van der Waals surface area contributed by atoms with E-state index in [9.17, 15) is 9.59 Å². The van der Waals surface area contributed by atoms with Crippen LogP contribution in [0.1, 0.15) is 24.3 Å². The fourth-order valence-corrected chi connectivity index (χ4v) is 2.19. The summed E-state index contributed by atoms with van der Waals surface area (Å²) < 4.78 is 10.2. The van der Waals surface area contributed by atoms with Crippen molar-refractivity contribution < 1.29 is 24.0 Å². The van der Waals surface area contributed by atoms with Gasteiger partial charge in [0, 0.05) is 19.2 Å². The van der Waals surface area contributed by atoms with E-state index in [0.29, 0.717) is 38.2 Å². The minimum absolute atomic E-state index is 0.0953. The molecule has 2 N–H and O–H groups in total. The van der Waals surface area contributed by atoms with Gasteiger partial charge in [0.2, 0.25) is 0 Å². The molecular weight excluding hydrogens is 278 g/mol. The van der Waals surface area contributed by atoms with Gasteiger partial charge in [-0.15, -0.1) is 0 Å². The van der Waals surface area contributed by atoms with Crippen LogP contribution in [-0.2, 0) is 16.1 Å². The van der Waals surface area contributed by atoms with E-state index in [0.717, 1.165) is 5.69 Å². The van der Waals surface area contributed by atoms with Gasteiger partial charge in [-0.25, -0.2) is 9.59 Å². The maximum absolute atomic E-state index is 12.0. The molecule has 21 heavy (non-hydrogen) atoms. The highest BCUT2D eigenvalue weighted by Gasteiger charge is 2.23. The second-order valence-corrected chi connectivity index (χ2v) is 4.98. The number of nitrogens with zero attached hydrogens (tertiary/aromatic N) is 2. The minimum atomic E-state index is -0.975. The number of carbonyl (C=O) groups excluding carboxylic acids is 1. The molecule has 1 aliphatic rings. The van der Waals surface area contributed by atoms with Crippen LogP contribution in [0, 0.1) is 6.92 Å². The Balaban J connectivity index is 1.69. The Bertz CT molecular complexity index is 494. The number of ether oxygens (including phenoxy) is 1. The number of urea groups is 1. The average molecular weight is 297 g/mol. The lowest BCUT2D eigenvalue weighted by atomic mass is 10.1. The highest BCUT2D eigenvalue weighted by Crippen LogP contribution is 2.13. The molecule has 1 fully saturated rings. The van der Waals surface area contributed by atoms with Gasteiger partial charge in [0.15, 0.2) is 5.76 Å². The van der Waals surface area contributed by atoms with Gasteiger partial charge in [-0.3, -0.25) is 0 Å². The highest BCUT2D eigenvalue weighted by molar-refractivity contribution is 5.74. The lowest BCUT2D eigenvalue weighted by molar-refractivity contribution is -0.145. The Morgan fingerprint density at radius 1 is 1.52 bits per heavy atom. The van der Waals surface area contributed by atoms with Crippen molar-refractivity contribution in [2.24, 2.45) is 0 Å². The number of amides is 2. The molecule has 2 amide bonds. The molecule has 1 aliphatic heterocycles. The largest absolute Gasteiger partial charge is 0.480 e. The third-order valence-corrected chi connectivity index (χ3v) is 3.26. The zero-order valence-corrected chi connectivity index (χ0v) is 11.9. The second kappa shape index (κ2) is 7.07. The summed E-state index contributed by atoms with van der Waals surface area (Å²) in [5, 5.41) is 15.1.